The van der Waals surface area contributed by atoms with Gasteiger partial charge in [0.25, 0.3) is 0 Å². The van der Waals surface area contributed by atoms with Crippen LogP contribution in [0.1, 0.15) is 55.5 Å². The Labute approximate surface area is 332 Å². The molecular weight excluding hydrogens is 693 g/mol. The Morgan fingerprint density at radius 1 is 0.607 bits per heavy atom. The molecule has 56 heavy (non-hydrogen) atoms. The van der Waals surface area contributed by atoms with Crippen LogP contribution in [0.5, 0.6) is 0 Å². The third kappa shape index (κ3) is 5.19. The molecule has 0 fully saturated rings. The first-order chi connectivity index (χ1) is 27.2. The van der Waals surface area contributed by atoms with E-state index in [1.54, 1.807) is 0 Å². The highest BCUT2D eigenvalue weighted by Gasteiger charge is 2.36. The van der Waals surface area contributed by atoms with E-state index in [0.29, 0.717) is 0 Å². The maximum atomic E-state index is 4.63. The molecule has 9 aromatic rings. The normalized spacial score (nSPS) is 14.3. The molecule has 0 aliphatic heterocycles. The average molecular weight is 735 g/mol. The number of hydrogen-bond acceptors (Lipinski definition) is 1. The Bertz CT molecular complexity index is 3270. The topological polar surface area (TPSA) is 0 Å². The van der Waals surface area contributed by atoms with E-state index in [2.05, 4.69) is 193 Å². The van der Waals surface area contributed by atoms with Crippen LogP contribution in [0.25, 0.3) is 93.0 Å². The van der Waals surface area contributed by atoms with Crippen molar-refractivity contribution in [1.29, 1.82) is 0 Å². The summed E-state index contributed by atoms with van der Waals surface area (Å²) in [5.74, 6) is 0. The van der Waals surface area contributed by atoms with Crippen LogP contribution in [0.4, 0.5) is 0 Å². The minimum atomic E-state index is -0.0956. The van der Waals surface area contributed by atoms with Crippen LogP contribution in [0.15, 0.2) is 158 Å². The van der Waals surface area contributed by atoms with Crippen LogP contribution in [0, 0.1) is 0 Å². The van der Waals surface area contributed by atoms with Crippen molar-refractivity contribution in [2.45, 2.75) is 33.1 Å². The number of thiophene rings is 1. The van der Waals surface area contributed by atoms with Crippen molar-refractivity contribution in [2.75, 3.05) is 0 Å². The molecule has 0 N–H and O–H groups in total. The van der Waals surface area contributed by atoms with Crippen molar-refractivity contribution >= 4 is 93.2 Å². The third-order valence-electron chi connectivity index (χ3n) is 12.2. The van der Waals surface area contributed by atoms with E-state index < -0.39 is 0 Å². The highest BCUT2D eigenvalue weighted by atomic mass is 32.1. The molecule has 0 radical (unpaired) electrons. The van der Waals surface area contributed by atoms with Gasteiger partial charge in [0.1, 0.15) is 0 Å². The molecule has 1 heterocycles. The van der Waals surface area contributed by atoms with E-state index in [1.165, 1.54) is 103 Å². The second-order valence-corrected chi connectivity index (χ2v) is 16.9. The Balaban J connectivity index is 1.12. The predicted molar refractivity (Wildman–Crippen MR) is 248 cm³/mol. The van der Waals surface area contributed by atoms with Gasteiger partial charge in [-0.3, -0.25) is 0 Å². The Morgan fingerprint density at radius 3 is 1.93 bits per heavy atom. The van der Waals surface area contributed by atoms with Gasteiger partial charge in [-0.25, -0.2) is 0 Å². The first-order valence-corrected chi connectivity index (χ1v) is 20.3. The molecule has 0 spiro atoms. The smallest absolute Gasteiger partial charge is 0.0361 e. The summed E-state index contributed by atoms with van der Waals surface area (Å²) in [6.07, 6.45) is 6.83. The van der Waals surface area contributed by atoms with Gasteiger partial charge in [-0.15, -0.1) is 11.3 Å². The quantitative estimate of drug-likeness (QED) is 0.122. The molecule has 268 valence electrons. The first kappa shape index (κ1) is 34.2. The third-order valence-corrected chi connectivity index (χ3v) is 13.3. The van der Waals surface area contributed by atoms with E-state index >= 15 is 0 Å². The van der Waals surface area contributed by atoms with Crippen LogP contribution in [-0.2, 0) is 5.41 Å². The number of fused-ring (bicyclic) bond motifs is 10. The summed E-state index contributed by atoms with van der Waals surface area (Å²) in [4.78, 5) is 0. The molecule has 1 aliphatic rings. The van der Waals surface area contributed by atoms with Crippen LogP contribution in [-0.4, -0.2) is 0 Å². The molecule has 1 aliphatic carbocycles. The molecule has 0 bridgehead atoms. The van der Waals surface area contributed by atoms with Gasteiger partial charge in [0, 0.05) is 25.6 Å². The number of allylic oxidation sites excluding steroid dienone is 5. The van der Waals surface area contributed by atoms with E-state index in [1.807, 2.05) is 17.4 Å². The van der Waals surface area contributed by atoms with Gasteiger partial charge >= 0.3 is 0 Å². The summed E-state index contributed by atoms with van der Waals surface area (Å²) >= 11 is 1.89. The second-order valence-electron chi connectivity index (χ2n) is 15.8. The monoisotopic (exact) mass is 734 g/mol. The van der Waals surface area contributed by atoms with Crippen molar-refractivity contribution in [2.24, 2.45) is 0 Å². The summed E-state index contributed by atoms with van der Waals surface area (Å²) in [6, 6.07) is 51.4. The van der Waals surface area contributed by atoms with Crippen molar-refractivity contribution in [1.82, 2.24) is 0 Å². The Morgan fingerprint density at radius 2 is 1.23 bits per heavy atom. The van der Waals surface area contributed by atoms with Crippen molar-refractivity contribution in [3.05, 3.63) is 197 Å². The van der Waals surface area contributed by atoms with Crippen LogP contribution >= 0.6 is 11.3 Å². The lowest BCUT2D eigenvalue weighted by atomic mass is 9.81. The Kier molecular flexibility index (Phi) is 7.89. The zero-order chi connectivity index (χ0) is 38.3. The molecular formula is C55H42S. The Hall–Kier alpha value is -6.28. The minimum Gasteiger partial charge on any atom is -0.135 e. The zero-order valence-corrected chi connectivity index (χ0v) is 33.2. The molecule has 0 unspecified atom stereocenters. The number of benzene rings is 8. The molecule has 8 aromatic carbocycles. The molecule has 1 heteroatoms. The summed E-state index contributed by atoms with van der Waals surface area (Å²) in [6.45, 7) is 18.1. The lowest BCUT2D eigenvalue weighted by Gasteiger charge is -2.22. The van der Waals surface area contributed by atoms with Crippen LogP contribution < -0.4 is 10.4 Å². The SMILES string of the molecule is C=C(/C=c1/ccccc1=C)c1c2ccccc2c(/C(C)=C/C(=C\C)c2ccc3c(c2)-c2cc4c(ccc5sc6ccccc6c54)cc2C3(C)C)c2ccccc12. The van der Waals surface area contributed by atoms with Crippen molar-refractivity contribution in [3.8, 4) is 11.1 Å². The predicted octanol–water partition coefficient (Wildman–Crippen LogP) is 14.2. The second kappa shape index (κ2) is 12.9. The average Bonchev–Trinajstić information content (AvgIpc) is 3.70. The maximum Gasteiger partial charge on any atom is 0.0361 e. The van der Waals surface area contributed by atoms with Crippen LogP contribution in [0.2, 0.25) is 0 Å². The van der Waals surface area contributed by atoms with Gasteiger partial charge in [-0.2, -0.15) is 0 Å². The molecule has 0 saturated carbocycles. The molecule has 1 aromatic heterocycles. The number of rotatable bonds is 5. The fourth-order valence-corrected chi connectivity index (χ4v) is 10.6. The van der Waals surface area contributed by atoms with Gasteiger partial charge in [0.2, 0.25) is 0 Å². The van der Waals surface area contributed by atoms with Crippen molar-refractivity contribution in [3.63, 3.8) is 0 Å². The fourth-order valence-electron chi connectivity index (χ4n) is 9.45. The summed E-state index contributed by atoms with van der Waals surface area (Å²) in [5.41, 5.74) is 12.5. The highest BCUT2D eigenvalue weighted by Crippen LogP contribution is 2.52. The van der Waals surface area contributed by atoms with Crippen LogP contribution in [0.3, 0.4) is 0 Å². The van der Waals surface area contributed by atoms with Gasteiger partial charge in [0.05, 0.1) is 0 Å². The van der Waals surface area contributed by atoms with E-state index in [4.69, 9.17) is 0 Å². The molecule has 0 saturated heterocycles. The molecule has 10 rings (SSSR count). The standard InChI is InChI=1S/C55H42S/c1-7-36(28-34(3)52-40-18-10-12-20-42(40)53(43-21-13-11-19-41(43)52)35(4)29-37-17-9-8-16-33(37)2)38-24-26-48-46(30-38)47-32-45-39(31-49(47)55(48,5)6)25-27-51-54(45)44-22-14-15-23-50(44)56-51/h7-32H,2,4H2,1,3,5-6H3/b34-28+,36-7+,37-29-. The van der Waals surface area contributed by atoms with Gasteiger partial charge < -0.3 is 0 Å². The molecule has 0 nitrogen and oxygen atoms in total. The van der Waals surface area contributed by atoms with Gasteiger partial charge in [0.15, 0.2) is 0 Å². The lowest BCUT2D eigenvalue weighted by Crippen LogP contribution is -2.21. The highest BCUT2D eigenvalue weighted by molar-refractivity contribution is 7.26. The zero-order valence-electron chi connectivity index (χ0n) is 32.3. The number of hydrogen-bond donors (Lipinski definition) is 0. The largest absolute Gasteiger partial charge is 0.135 e. The summed E-state index contributed by atoms with van der Waals surface area (Å²) in [5, 5.41) is 12.3. The molecule has 0 amide bonds. The van der Waals surface area contributed by atoms with Gasteiger partial charge in [-0.1, -0.05) is 148 Å². The lowest BCUT2D eigenvalue weighted by molar-refractivity contribution is 0.661. The summed E-state index contributed by atoms with van der Waals surface area (Å²) < 4.78 is 2.69. The van der Waals surface area contributed by atoms with Crippen molar-refractivity contribution < 1.29 is 0 Å². The van der Waals surface area contributed by atoms with Gasteiger partial charge in [-0.05, 0) is 149 Å². The fraction of sp³-hybridized carbons (Fsp3) is 0.0909. The molecule has 0 atom stereocenters. The first-order valence-electron chi connectivity index (χ1n) is 19.5. The summed E-state index contributed by atoms with van der Waals surface area (Å²) in [7, 11) is 0. The van der Waals surface area contributed by atoms with E-state index in [-0.39, 0.29) is 5.41 Å². The van der Waals surface area contributed by atoms with E-state index in [9.17, 15) is 0 Å². The minimum absolute atomic E-state index is 0.0956. The maximum absolute atomic E-state index is 4.63. The van der Waals surface area contributed by atoms with E-state index in [0.717, 1.165) is 16.0 Å².